The van der Waals surface area contributed by atoms with Gasteiger partial charge in [0.2, 0.25) is 0 Å². The van der Waals surface area contributed by atoms with E-state index in [4.69, 9.17) is 27.9 Å². The number of aryl methyl sites for hydroxylation is 1. The number of benzene rings is 2. The van der Waals surface area contributed by atoms with Crippen molar-refractivity contribution >= 4 is 45.0 Å². The second-order valence-electron chi connectivity index (χ2n) is 7.81. The molecule has 1 N–H and O–H groups in total. The number of hydrogen-bond donors (Lipinski definition) is 1. The van der Waals surface area contributed by atoms with Crippen LogP contribution in [-0.4, -0.2) is 42.6 Å². The number of likely N-dealkylation sites (N-methyl/N-ethyl adjacent to an activating group) is 1. The minimum atomic E-state index is -4.14. The molecule has 1 unspecified atom stereocenters. The Morgan fingerprint density at radius 3 is 2.38 bits per heavy atom. The van der Waals surface area contributed by atoms with Gasteiger partial charge in [-0.1, -0.05) is 29.3 Å². The largest absolute Gasteiger partial charge is 0.497 e. The molecule has 178 valence electrons. The molecule has 1 aromatic heterocycles. The van der Waals surface area contributed by atoms with Crippen LogP contribution in [0, 0.1) is 6.92 Å². The smallest absolute Gasteiger partial charge is 0.267 e. The summed E-state index contributed by atoms with van der Waals surface area (Å²) in [4.78, 5) is 13.7. The van der Waals surface area contributed by atoms with Gasteiger partial charge in [0.15, 0.2) is 0 Å². The molecule has 0 radical (unpaired) electrons. The van der Waals surface area contributed by atoms with Crippen LogP contribution in [0.2, 0.25) is 10.0 Å². The highest BCUT2D eigenvalue weighted by Crippen LogP contribution is 2.39. The van der Waals surface area contributed by atoms with Gasteiger partial charge in [0.1, 0.15) is 17.6 Å². The average molecular weight is 521 g/mol. The summed E-state index contributed by atoms with van der Waals surface area (Å²) in [5, 5.41) is 8.37. The zero-order valence-electron chi connectivity index (χ0n) is 18.8. The van der Waals surface area contributed by atoms with Crippen LogP contribution in [0.5, 0.6) is 5.75 Å². The number of halogens is 2. The Morgan fingerprint density at radius 2 is 1.76 bits per heavy atom. The third kappa shape index (κ3) is 4.15. The van der Waals surface area contributed by atoms with E-state index >= 15 is 0 Å². The molecular formula is C23H22Cl2N4O4S. The van der Waals surface area contributed by atoms with Crippen LogP contribution in [0.3, 0.4) is 0 Å². The van der Waals surface area contributed by atoms with E-state index in [-0.39, 0.29) is 10.5 Å². The first-order valence-corrected chi connectivity index (χ1v) is 12.4. The number of ether oxygens (including phenoxy) is 1. The summed E-state index contributed by atoms with van der Waals surface area (Å²) in [6.45, 7) is 3.55. The molecule has 11 heteroatoms. The molecule has 4 rings (SSSR count). The Hall–Kier alpha value is -3.01. The molecule has 0 fully saturated rings. The Kier molecular flexibility index (Phi) is 6.37. The summed E-state index contributed by atoms with van der Waals surface area (Å²) in [6, 6.07) is 12.0. The lowest BCUT2D eigenvalue weighted by molar-refractivity contribution is -0.122. The molecule has 1 aliphatic heterocycles. The average Bonchev–Trinajstić information content (AvgIpc) is 3.18. The Balaban J connectivity index is 1.81. The van der Waals surface area contributed by atoms with Gasteiger partial charge in [0.05, 0.1) is 33.3 Å². The topological polar surface area (TPSA) is 93.5 Å². The van der Waals surface area contributed by atoms with Gasteiger partial charge in [-0.25, -0.2) is 17.4 Å². The van der Waals surface area contributed by atoms with E-state index in [0.29, 0.717) is 32.9 Å². The van der Waals surface area contributed by atoms with Crippen LogP contribution in [0.1, 0.15) is 24.2 Å². The fourth-order valence-electron chi connectivity index (χ4n) is 3.85. The summed E-state index contributed by atoms with van der Waals surface area (Å²) >= 11 is 12.4. The summed E-state index contributed by atoms with van der Waals surface area (Å²) in [6.07, 6.45) is 0. The van der Waals surface area contributed by atoms with E-state index in [2.05, 4.69) is 10.4 Å². The quantitative estimate of drug-likeness (QED) is 0.526. The highest BCUT2D eigenvalue weighted by Gasteiger charge is 2.38. The molecule has 0 saturated heterocycles. The van der Waals surface area contributed by atoms with Crippen LogP contribution < -0.4 is 10.1 Å². The lowest BCUT2D eigenvalue weighted by Gasteiger charge is -2.31. The van der Waals surface area contributed by atoms with Crippen molar-refractivity contribution in [3.8, 4) is 5.75 Å². The van der Waals surface area contributed by atoms with Crippen molar-refractivity contribution in [2.45, 2.75) is 24.8 Å². The Bertz CT molecular complexity index is 1420. The fourth-order valence-corrected chi connectivity index (χ4v) is 5.27. The second kappa shape index (κ2) is 8.98. The number of methoxy groups -OCH3 is 1. The lowest BCUT2D eigenvalue weighted by Crippen LogP contribution is -2.39. The van der Waals surface area contributed by atoms with Crippen molar-refractivity contribution in [1.29, 1.82) is 0 Å². The molecule has 8 nitrogen and oxygen atoms in total. The van der Waals surface area contributed by atoms with Crippen molar-refractivity contribution in [2.24, 2.45) is 0 Å². The third-order valence-electron chi connectivity index (χ3n) is 5.59. The lowest BCUT2D eigenvalue weighted by atomic mass is 9.95. The number of aromatic nitrogens is 2. The van der Waals surface area contributed by atoms with Crippen LogP contribution in [-0.2, 0) is 14.8 Å². The number of rotatable bonds is 5. The maximum Gasteiger partial charge on any atom is 0.267 e. The highest BCUT2D eigenvalue weighted by molar-refractivity contribution is 7.89. The summed E-state index contributed by atoms with van der Waals surface area (Å²) in [7, 11) is -1.42. The van der Waals surface area contributed by atoms with Gasteiger partial charge in [0, 0.05) is 18.8 Å². The van der Waals surface area contributed by atoms with E-state index in [9.17, 15) is 13.2 Å². The number of carbonyl (C=O) groups is 1. The molecule has 2 heterocycles. The Morgan fingerprint density at radius 1 is 1.09 bits per heavy atom. The van der Waals surface area contributed by atoms with Crippen molar-refractivity contribution < 1.29 is 17.9 Å². The van der Waals surface area contributed by atoms with Gasteiger partial charge in [-0.05, 0) is 55.8 Å². The number of anilines is 1. The van der Waals surface area contributed by atoms with Gasteiger partial charge in [-0.2, -0.15) is 5.10 Å². The van der Waals surface area contributed by atoms with E-state index in [1.54, 1.807) is 29.8 Å². The van der Waals surface area contributed by atoms with E-state index in [0.717, 1.165) is 10.00 Å². The molecule has 3 aromatic rings. The molecule has 1 aliphatic rings. The number of nitrogens with zero attached hydrogens (tertiary/aromatic N) is 3. The molecule has 0 spiro atoms. The Labute approximate surface area is 207 Å². The van der Waals surface area contributed by atoms with Gasteiger partial charge in [0.25, 0.3) is 15.9 Å². The summed E-state index contributed by atoms with van der Waals surface area (Å²) in [5.74, 6) is 0.475. The minimum Gasteiger partial charge on any atom is -0.497 e. The predicted molar refractivity (Wildman–Crippen MR) is 131 cm³/mol. The normalized spacial score (nSPS) is 15.5. The van der Waals surface area contributed by atoms with E-state index < -0.39 is 22.0 Å². The zero-order chi connectivity index (χ0) is 24.8. The van der Waals surface area contributed by atoms with Crippen molar-refractivity contribution in [1.82, 2.24) is 14.1 Å². The molecule has 1 atom stereocenters. The van der Waals surface area contributed by atoms with Gasteiger partial charge >= 0.3 is 0 Å². The van der Waals surface area contributed by atoms with E-state index in [1.807, 2.05) is 13.0 Å². The van der Waals surface area contributed by atoms with Crippen LogP contribution in [0.15, 0.2) is 64.7 Å². The molecule has 2 aromatic carbocycles. The molecule has 0 saturated carbocycles. The van der Waals surface area contributed by atoms with Gasteiger partial charge < -0.3 is 10.1 Å². The van der Waals surface area contributed by atoms with Crippen molar-refractivity contribution in [3.63, 3.8) is 0 Å². The number of carbonyl (C=O) groups excluding carboxylic acids is 1. The van der Waals surface area contributed by atoms with Crippen LogP contribution in [0.25, 0.3) is 0 Å². The van der Waals surface area contributed by atoms with Crippen molar-refractivity contribution in [2.75, 3.05) is 19.5 Å². The van der Waals surface area contributed by atoms with Crippen LogP contribution >= 0.6 is 23.2 Å². The van der Waals surface area contributed by atoms with Gasteiger partial charge in [-0.3, -0.25) is 4.79 Å². The number of sulfonamides is 1. The zero-order valence-corrected chi connectivity index (χ0v) is 21.2. The number of fused-ring (bicyclic) bond motifs is 1. The molecule has 1 amide bonds. The first-order chi connectivity index (χ1) is 16.0. The number of allylic oxidation sites excluding steroid dienone is 1. The molecule has 0 bridgehead atoms. The predicted octanol–water partition coefficient (Wildman–Crippen LogP) is 4.64. The van der Waals surface area contributed by atoms with Crippen LogP contribution in [0.4, 0.5) is 5.82 Å². The second-order valence-corrected chi connectivity index (χ2v) is 10.6. The fraction of sp³-hybridized carbons (Fsp3) is 0.217. The summed E-state index contributed by atoms with van der Waals surface area (Å²) in [5.41, 5.74) is 2.09. The number of hydrogen-bond acceptors (Lipinski definition) is 6. The maximum absolute atomic E-state index is 13.7. The minimum absolute atomic E-state index is 0.0344. The maximum atomic E-state index is 13.7. The SMILES string of the molecule is COc1ccc(S(=O)(=O)N(C)C(=O)C2=C(C)Nc3cc(C)nn3C2c2ccc(Cl)c(Cl)c2)cc1. The molecule has 34 heavy (non-hydrogen) atoms. The first-order valence-electron chi connectivity index (χ1n) is 10.2. The third-order valence-corrected chi connectivity index (χ3v) is 8.08. The van der Waals surface area contributed by atoms with E-state index in [1.165, 1.54) is 38.4 Å². The molecular weight excluding hydrogens is 499 g/mol. The number of nitrogens with one attached hydrogen (secondary N) is 1. The summed E-state index contributed by atoms with van der Waals surface area (Å²) < 4.78 is 34.0. The first kappa shape index (κ1) is 24.1. The number of amides is 1. The standard InChI is InChI=1S/C23H22Cl2N4O4S/c1-13-11-20-26-14(2)21(22(29(20)27-13)15-5-10-18(24)19(25)12-15)23(30)28(3)34(31,32)17-8-6-16(33-4)7-9-17/h5-12,22,26H,1-4H3. The highest BCUT2D eigenvalue weighted by atomic mass is 35.5. The molecule has 0 aliphatic carbocycles. The van der Waals surface area contributed by atoms with Crippen molar-refractivity contribution in [3.05, 3.63) is 81.1 Å². The monoisotopic (exact) mass is 520 g/mol. The van der Waals surface area contributed by atoms with Gasteiger partial charge in [-0.15, -0.1) is 0 Å².